The van der Waals surface area contributed by atoms with Crippen LogP contribution in [0.4, 0.5) is 0 Å². The molecule has 0 aromatic carbocycles. The first kappa shape index (κ1) is 21.5. The van der Waals surface area contributed by atoms with Gasteiger partial charge in [0.2, 0.25) is 0 Å². The van der Waals surface area contributed by atoms with Crippen molar-refractivity contribution in [2.45, 2.75) is 73.1 Å². The van der Waals surface area contributed by atoms with Crippen LogP contribution in [0.5, 0.6) is 0 Å². The highest BCUT2D eigenvalue weighted by Gasteiger charge is 2.35. The minimum Gasteiger partial charge on any atom is -0.103 e. The molecule has 0 aliphatic heterocycles. The Morgan fingerprint density at radius 2 is 1.45 bits per heavy atom. The molecule has 0 amide bonds. The molecule has 1 rings (SSSR count). The molecular weight excluding hydrogens is 240 g/mol. The predicted octanol–water partition coefficient (Wildman–Crippen LogP) is 7.19. The topological polar surface area (TPSA) is 0 Å². The van der Waals surface area contributed by atoms with Crippen molar-refractivity contribution in [1.82, 2.24) is 0 Å². The molecule has 0 aromatic heterocycles. The summed E-state index contributed by atoms with van der Waals surface area (Å²) >= 11 is 0. The summed E-state index contributed by atoms with van der Waals surface area (Å²) < 4.78 is 0. The molecule has 20 heavy (non-hydrogen) atoms. The second-order valence-corrected chi connectivity index (χ2v) is 5.95. The molecule has 0 saturated heterocycles. The monoisotopic (exact) mass is 278 g/mol. The van der Waals surface area contributed by atoms with Crippen molar-refractivity contribution in [1.29, 1.82) is 0 Å². The van der Waals surface area contributed by atoms with E-state index in [1.165, 1.54) is 32.1 Å². The zero-order valence-corrected chi connectivity index (χ0v) is 14.8. The normalized spacial score (nSPS) is 17.1. The number of hydrogen-bond acceptors (Lipinski definition) is 0. The Labute approximate surface area is 129 Å². The quantitative estimate of drug-likeness (QED) is 0.451. The summed E-state index contributed by atoms with van der Waals surface area (Å²) in [7, 11) is 0. The lowest BCUT2D eigenvalue weighted by Crippen LogP contribution is -2.22. The van der Waals surface area contributed by atoms with E-state index in [2.05, 4.69) is 46.6 Å². The largest absolute Gasteiger partial charge is 0.103 e. The highest BCUT2D eigenvalue weighted by atomic mass is 14.4. The van der Waals surface area contributed by atoms with E-state index >= 15 is 0 Å². The summed E-state index contributed by atoms with van der Waals surface area (Å²) in [4.78, 5) is 0. The fraction of sp³-hybridized carbons (Fsp3) is 0.700. The average Bonchev–Trinajstić information content (AvgIpc) is 2.92. The van der Waals surface area contributed by atoms with E-state index in [-0.39, 0.29) is 0 Å². The molecule has 1 aliphatic rings. The van der Waals surface area contributed by atoms with Crippen molar-refractivity contribution in [2.24, 2.45) is 17.3 Å². The maximum atomic E-state index is 3.85. The molecule has 0 radical (unpaired) electrons. The maximum absolute atomic E-state index is 3.85. The Morgan fingerprint density at radius 1 is 0.950 bits per heavy atom. The van der Waals surface area contributed by atoms with Crippen LogP contribution in [0, 0.1) is 17.3 Å². The van der Waals surface area contributed by atoms with Gasteiger partial charge in [-0.15, -0.1) is 19.7 Å². The summed E-state index contributed by atoms with van der Waals surface area (Å²) in [5.41, 5.74) is 0.627. The standard InChI is InChI=1S/C11H20.C7H12.C2H6/c1-4-7-11(10(2)3)8-5-6-9-11;1-4-6-7(3)5-2;1-2/h4,10H,1,5-9H2,2-3H3;4-5,7H,1-2,6H2,3H3;1-2H3. The summed E-state index contributed by atoms with van der Waals surface area (Å²) in [5, 5.41) is 0. The van der Waals surface area contributed by atoms with Gasteiger partial charge in [0.25, 0.3) is 0 Å². The van der Waals surface area contributed by atoms with E-state index < -0.39 is 0 Å². The van der Waals surface area contributed by atoms with Crippen LogP contribution in [0.15, 0.2) is 38.0 Å². The Hall–Kier alpha value is -0.780. The van der Waals surface area contributed by atoms with Crippen molar-refractivity contribution in [3.63, 3.8) is 0 Å². The highest BCUT2D eigenvalue weighted by Crippen LogP contribution is 2.46. The van der Waals surface area contributed by atoms with E-state index in [1.54, 1.807) is 0 Å². The second-order valence-electron chi connectivity index (χ2n) is 5.95. The predicted molar refractivity (Wildman–Crippen MR) is 96.1 cm³/mol. The van der Waals surface area contributed by atoms with Gasteiger partial charge in [-0.25, -0.2) is 0 Å². The van der Waals surface area contributed by atoms with E-state index in [0.29, 0.717) is 11.3 Å². The van der Waals surface area contributed by atoms with Crippen molar-refractivity contribution < 1.29 is 0 Å². The fourth-order valence-electron chi connectivity index (χ4n) is 2.74. The Bertz CT molecular complexity index is 241. The SMILES string of the molecule is C=CCC(C)C=C.C=CCC1(C(C)C)CCCC1.CC. The summed E-state index contributed by atoms with van der Waals surface area (Å²) in [6.45, 7) is 21.9. The molecule has 0 spiro atoms. The van der Waals surface area contributed by atoms with Gasteiger partial charge in [0.15, 0.2) is 0 Å². The molecule has 1 fully saturated rings. The molecule has 0 heterocycles. The second kappa shape index (κ2) is 13.2. The lowest BCUT2D eigenvalue weighted by molar-refractivity contribution is 0.200. The van der Waals surface area contributed by atoms with Crippen LogP contribution in [0.2, 0.25) is 0 Å². The molecule has 1 aliphatic carbocycles. The van der Waals surface area contributed by atoms with E-state index in [4.69, 9.17) is 0 Å². The van der Waals surface area contributed by atoms with Crippen molar-refractivity contribution >= 4 is 0 Å². The van der Waals surface area contributed by atoms with E-state index in [9.17, 15) is 0 Å². The zero-order chi connectivity index (χ0) is 16.0. The minimum absolute atomic E-state index is 0.595. The van der Waals surface area contributed by atoms with E-state index in [1.807, 2.05) is 26.0 Å². The maximum Gasteiger partial charge on any atom is -0.0230 e. The molecule has 0 aromatic rings. The molecule has 1 unspecified atom stereocenters. The molecule has 0 nitrogen and oxygen atoms in total. The first-order chi connectivity index (χ1) is 9.52. The zero-order valence-electron chi connectivity index (χ0n) is 14.8. The van der Waals surface area contributed by atoms with Gasteiger partial charge >= 0.3 is 0 Å². The van der Waals surface area contributed by atoms with E-state index in [0.717, 1.165) is 12.3 Å². The number of allylic oxidation sites excluding steroid dienone is 3. The molecule has 0 bridgehead atoms. The van der Waals surface area contributed by atoms with Crippen LogP contribution in [0.25, 0.3) is 0 Å². The lowest BCUT2D eigenvalue weighted by Gasteiger charge is -2.32. The Balaban J connectivity index is 0. The molecule has 0 heteroatoms. The third-order valence-electron chi connectivity index (χ3n) is 4.32. The molecule has 0 N–H and O–H groups in total. The third kappa shape index (κ3) is 8.40. The molecule has 1 saturated carbocycles. The average molecular weight is 279 g/mol. The van der Waals surface area contributed by atoms with Gasteiger partial charge < -0.3 is 0 Å². The summed E-state index contributed by atoms with van der Waals surface area (Å²) in [5.74, 6) is 1.43. The molecule has 118 valence electrons. The van der Waals surface area contributed by atoms with Crippen LogP contribution >= 0.6 is 0 Å². The first-order valence-corrected chi connectivity index (χ1v) is 8.36. The van der Waals surface area contributed by atoms with Gasteiger partial charge in [-0.1, -0.05) is 65.7 Å². The lowest BCUT2D eigenvalue weighted by atomic mass is 9.73. The molecule has 1 atom stereocenters. The summed E-state index contributed by atoms with van der Waals surface area (Å²) in [6, 6.07) is 0. The molecular formula is C20H38. The van der Waals surface area contributed by atoms with Gasteiger partial charge in [0, 0.05) is 0 Å². The van der Waals surface area contributed by atoms with Crippen LogP contribution in [0.1, 0.15) is 73.1 Å². The Morgan fingerprint density at radius 3 is 1.70 bits per heavy atom. The van der Waals surface area contributed by atoms with Gasteiger partial charge in [0.1, 0.15) is 0 Å². The van der Waals surface area contributed by atoms with Gasteiger partial charge in [0.05, 0.1) is 0 Å². The minimum atomic E-state index is 0.595. The fourth-order valence-corrected chi connectivity index (χ4v) is 2.74. The van der Waals surface area contributed by atoms with Crippen molar-refractivity contribution in [3.8, 4) is 0 Å². The Kier molecular flexibility index (Phi) is 14.2. The van der Waals surface area contributed by atoms with Crippen LogP contribution in [-0.2, 0) is 0 Å². The van der Waals surface area contributed by atoms with Gasteiger partial charge in [-0.3, -0.25) is 0 Å². The van der Waals surface area contributed by atoms with Gasteiger partial charge in [-0.05, 0) is 42.9 Å². The van der Waals surface area contributed by atoms with Crippen molar-refractivity contribution in [2.75, 3.05) is 0 Å². The van der Waals surface area contributed by atoms with Crippen LogP contribution in [-0.4, -0.2) is 0 Å². The van der Waals surface area contributed by atoms with Gasteiger partial charge in [-0.2, -0.15) is 0 Å². The van der Waals surface area contributed by atoms with Crippen LogP contribution in [0.3, 0.4) is 0 Å². The number of rotatable bonds is 6. The smallest absolute Gasteiger partial charge is 0.0230 e. The van der Waals surface area contributed by atoms with Crippen molar-refractivity contribution in [3.05, 3.63) is 38.0 Å². The van der Waals surface area contributed by atoms with Crippen LogP contribution < -0.4 is 0 Å². The highest BCUT2D eigenvalue weighted by molar-refractivity contribution is 4.92. The third-order valence-corrected chi connectivity index (χ3v) is 4.32. The number of hydrogen-bond donors (Lipinski definition) is 0. The first-order valence-electron chi connectivity index (χ1n) is 8.36. The summed E-state index contributed by atoms with van der Waals surface area (Å²) in [6.07, 6.45) is 13.9.